The van der Waals surface area contributed by atoms with Gasteiger partial charge in [-0.1, -0.05) is 112 Å². The summed E-state index contributed by atoms with van der Waals surface area (Å²) in [5, 5.41) is 5.17. The lowest BCUT2D eigenvalue weighted by atomic mass is 9.73. The predicted molar refractivity (Wildman–Crippen MR) is 203 cm³/mol. The summed E-state index contributed by atoms with van der Waals surface area (Å²) in [7, 11) is 0. The van der Waals surface area contributed by atoms with Crippen molar-refractivity contribution in [2.75, 3.05) is 0 Å². The van der Waals surface area contributed by atoms with Gasteiger partial charge in [0.05, 0.1) is 22.1 Å². The maximum absolute atomic E-state index is 2.53. The molecule has 0 radical (unpaired) electrons. The number of rotatable bonds is 3. The van der Waals surface area contributed by atoms with E-state index in [1.807, 2.05) is 0 Å². The topological polar surface area (TPSA) is 9.86 Å². The summed E-state index contributed by atoms with van der Waals surface area (Å²) in [5.74, 6) is 0.534. The highest BCUT2D eigenvalue weighted by atomic mass is 15.0. The average Bonchev–Trinajstić information content (AvgIpc) is 3.72. The first-order valence-electron chi connectivity index (χ1n) is 17.2. The van der Waals surface area contributed by atoms with Gasteiger partial charge in [-0.3, -0.25) is 0 Å². The molecule has 1 atom stereocenters. The second kappa shape index (κ2) is 9.95. The molecule has 0 bridgehead atoms. The predicted octanol–water partition coefficient (Wildman–Crippen LogP) is 12.2. The molecule has 10 rings (SSSR count). The number of nitrogens with zero attached hydrogens (tertiary/aromatic N) is 2. The van der Waals surface area contributed by atoms with Crippen molar-refractivity contribution in [3.63, 3.8) is 0 Å². The summed E-state index contributed by atoms with van der Waals surface area (Å²) < 4.78 is 4.91. The number of para-hydroxylation sites is 3. The Morgan fingerprint density at radius 1 is 0.562 bits per heavy atom. The smallest absolute Gasteiger partial charge is 0.0588 e. The fourth-order valence-electron chi connectivity index (χ4n) is 9.18. The van der Waals surface area contributed by atoms with E-state index in [2.05, 4.69) is 176 Å². The van der Waals surface area contributed by atoms with Gasteiger partial charge in [0.2, 0.25) is 0 Å². The highest BCUT2D eigenvalue weighted by Crippen LogP contribution is 2.55. The van der Waals surface area contributed by atoms with Crippen LogP contribution in [0.1, 0.15) is 38.3 Å². The zero-order chi connectivity index (χ0) is 32.1. The zero-order valence-corrected chi connectivity index (χ0v) is 27.5. The minimum atomic E-state index is -0.0594. The highest BCUT2D eigenvalue weighted by Gasteiger charge is 2.42. The number of allylic oxidation sites excluding steroid dienone is 4. The number of fused-ring (bicyclic) bond motifs is 9. The summed E-state index contributed by atoms with van der Waals surface area (Å²) in [6, 6.07) is 49.3. The molecule has 2 nitrogen and oxygen atoms in total. The Balaban J connectivity index is 1.23. The molecule has 0 saturated carbocycles. The Hall–Kier alpha value is -5.60. The molecule has 2 aliphatic carbocycles. The first kappa shape index (κ1) is 27.5. The van der Waals surface area contributed by atoms with Gasteiger partial charge in [0.15, 0.2) is 0 Å². The number of hydrogen-bond acceptors (Lipinski definition) is 0. The molecule has 8 aromatic rings. The second-order valence-electron chi connectivity index (χ2n) is 14.2. The summed E-state index contributed by atoms with van der Waals surface area (Å²) in [6.07, 6.45) is 5.86. The van der Waals surface area contributed by atoms with Crippen molar-refractivity contribution in [3.8, 4) is 22.5 Å². The standard InChI is InChI=1S/C46H36N2/c1-29-13-12-19-35-36-23-24-37-39-28-31(22-26-42(39)48(33-16-8-5-9-17-33)45(37)44(36)46(2,3)43(29)35)30-21-25-41-38(27-30)34-18-10-11-20-40(34)47(41)32-14-6-4-7-15-32/h4-12,14-29H,13H2,1-3H3. The molecule has 48 heavy (non-hydrogen) atoms. The van der Waals surface area contributed by atoms with E-state index >= 15 is 0 Å². The SMILES string of the molecule is CC1CC=CC2=C1C(C)(C)c1c2ccc2c3cc(-c4ccc5c(c4)c4ccccc4n5-c4ccccc4)ccc3n(-c3ccccc3)c12. The number of aromatic nitrogens is 2. The van der Waals surface area contributed by atoms with Crippen molar-refractivity contribution in [1.29, 1.82) is 0 Å². The van der Waals surface area contributed by atoms with Crippen LogP contribution in [-0.4, -0.2) is 9.13 Å². The Bertz CT molecular complexity index is 2660. The van der Waals surface area contributed by atoms with Crippen LogP contribution in [0.4, 0.5) is 0 Å². The lowest BCUT2D eigenvalue weighted by Gasteiger charge is -2.31. The molecule has 1 unspecified atom stereocenters. The maximum Gasteiger partial charge on any atom is 0.0588 e. The molecule has 0 fully saturated rings. The number of hydrogen-bond donors (Lipinski definition) is 0. The van der Waals surface area contributed by atoms with Gasteiger partial charge in [-0.2, -0.15) is 0 Å². The third-order valence-electron chi connectivity index (χ3n) is 11.1. The van der Waals surface area contributed by atoms with Crippen LogP contribution in [0.15, 0.2) is 151 Å². The molecule has 6 aromatic carbocycles. The molecule has 0 spiro atoms. The van der Waals surface area contributed by atoms with Gasteiger partial charge in [0.1, 0.15) is 0 Å². The van der Waals surface area contributed by atoms with Gasteiger partial charge in [0.25, 0.3) is 0 Å². The van der Waals surface area contributed by atoms with Crippen LogP contribution in [-0.2, 0) is 5.41 Å². The van der Waals surface area contributed by atoms with Gasteiger partial charge in [-0.05, 0) is 100 Å². The van der Waals surface area contributed by atoms with Crippen molar-refractivity contribution in [1.82, 2.24) is 9.13 Å². The molecule has 0 N–H and O–H groups in total. The lowest BCUT2D eigenvalue weighted by Crippen LogP contribution is -2.23. The van der Waals surface area contributed by atoms with Gasteiger partial charge in [-0.15, -0.1) is 0 Å². The van der Waals surface area contributed by atoms with E-state index in [9.17, 15) is 0 Å². The molecule has 230 valence electrons. The molecule has 2 aliphatic rings. The first-order chi connectivity index (χ1) is 23.5. The van der Waals surface area contributed by atoms with Crippen LogP contribution in [0.2, 0.25) is 0 Å². The van der Waals surface area contributed by atoms with Gasteiger partial charge in [-0.25, -0.2) is 0 Å². The second-order valence-corrected chi connectivity index (χ2v) is 14.2. The van der Waals surface area contributed by atoms with Crippen molar-refractivity contribution < 1.29 is 0 Å². The summed E-state index contributed by atoms with van der Waals surface area (Å²) in [4.78, 5) is 0. The summed E-state index contributed by atoms with van der Waals surface area (Å²) in [5.41, 5.74) is 15.7. The van der Waals surface area contributed by atoms with E-state index in [0.717, 1.165) is 6.42 Å². The normalized spacial score (nSPS) is 16.8. The van der Waals surface area contributed by atoms with E-state index in [1.165, 1.54) is 82.8 Å². The molecule has 0 saturated heterocycles. The molecule has 0 amide bonds. The van der Waals surface area contributed by atoms with Crippen molar-refractivity contribution >= 4 is 49.2 Å². The third kappa shape index (κ3) is 3.69. The molecule has 2 heterocycles. The largest absolute Gasteiger partial charge is 0.309 e. The average molecular weight is 617 g/mol. The van der Waals surface area contributed by atoms with Crippen molar-refractivity contribution in [2.45, 2.75) is 32.6 Å². The first-order valence-corrected chi connectivity index (χ1v) is 17.2. The van der Waals surface area contributed by atoms with Gasteiger partial charge < -0.3 is 9.13 Å². The van der Waals surface area contributed by atoms with Crippen LogP contribution >= 0.6 is 0 Å². The Morgan fingerprint density at radius 3 is 1.85 bits per heavy atom. The molecule has 2 aromatic heterocycles. The third-order valence-corrected chi connectivity index (χ3v) is 11.1. The van der Waals surface area contributed by atoms with E-state index < -0.39 is 0 Å². The minimum absolute atomic E-state index is 0.0594. The summed E-state index contributed by atoms with van der Waals surface area (Å²) in [6.45, 7) is 7.29. The fourth-order valence-corrected chi connectivity index (χ4v) is 9.18. The van der Waals surface area contributed by atoms with E-state index in [1.54, 1.807) is 5.57 Å². The van der Waals surface area contributed by atoms with E-state index in [0.29, 0.717) is 5.92 Å². The summed E-state index contributed by atoms with van der Waals surface area (Å²) >= 11 is 0. The zero-order valence-electron chi connectivity index (χ0n) is 27.5. The molecule has 0 aliphatic heterocycles. The van der Waals surface area contributed by atoms with Crippen LogP contribution in [0.25, 0.3) is 71.7 Å². The van der Waals surface area contributed by atoms with Crippen LogP contribution in [0.5, 0.6) is 0 Å². The van der Waals surface area contributed by atoms with E-state index in [-0.39, 0.29) is 5.41 Å². The van der Waals surface area contributed by atoms with Gasteiger partial charge >= 0.3 is 0 Å². The Morgan fingerprint density at radius 2 is 1.15 bits per heavy atom. The highest BCUT2D eigenvalue weighted by molar-refractivity contribution is 6.15. The fraction of sp³-hybridized carbons (Fsp3) is 0.130. The quantitative estimate of drug-likeness (QED) is 0.187. The van der Waals surface area contributed by atoms with Crippen LogP contribution in [0, 0.1) is 5.92 Å². The minimum Gasteiger partial charge on any atom is -0.309 e. The molecule has 2 heteroatoms. The monoisotopic (exact) mass is 616 g/mol. The maximum atomic E-state index is 2.53. The molecular formula is C46H36N2. The lowest BCUT2D eigenvalue weighted by molar-refractivity contribution is 0.532. The van der Waals surface area contributed by atoms with Crippen molar-refractivity contribution in [2.24, 2.45) is 5.92 Å². The Labute approximate surface area is 280 Å². The van der Waals surface area contributed by atoms with Crippen LogP contribution in [0.3, 0.4) is 0 Å². The van der Waals surface area contributed by atoms with E-state index in [4.69, 9.17) is 0 Å². The Kier molecular flexibility index (Phi) is 5.70. The number of benzene rings is 6. The van der Waals surface area contributed by atoms with Crippen LogP contribution < -0.4 is 0 Å². The van der Waals surface area contributed by atoms with Gasteiger partial charge in [0, 0.05) is 38.3 Å². The molecular weight excluding hydrogens is 581 g/mol. The van der Waals surface area contributed by atoms with Crippen molar-refractivity contribution in [3.05, 3.63) is 162 Å².